The number of benzene rings is 1. The molecule has 2 amide bonds. The van der Waals surface area contributed by atoms with E-state index in [1.54, 1.807) is 24.3 Å². The zero-order valence-corrected chi connectivity index (χ0v) is 14.0. The molecule has 5 nitrogen and oxygen atoms in total. The molecular formula is C16H16ClN3O2S. The molecular weight excluding hydrogens is 334 g/mol. The Balaban J connectivity index is 1.59. The minimum atomic E-state index is -0.242. The normalized spacial score (nSPS) is 14.0. The van der Waals surface area contributed by atoms with E-state index >= 15 is 0 Å². The van der Waals surface area contributed by atoms with Crippen LogP contribution in [0.15, 0.2) is 29.6 Å². The number of nitrogens with zero attached hydrogens (tertiary/aromatic N) is 2. The highest BCUT2D eigenvalue weighted by Crippen LogP contribution is 2.19. The third-order valence-corrected chi connectivity index (χ3v) is 4.73. The van der Waals surface area contributed by atoms with Gasteiger partial charge in [0.05, 0.1) is 12.1 Å². The lowest BCUT2D eigenvalue weighted by Gasteiger charge is -2.13. The molecule has 1 fully saturated rings. The summed E-state index contributed by atoms with van der Waals surface area (Å²) in [5.74, 6) is -0.142. The Bertz CT molecular complexity index is 708. The van der Waals surface area contributed by atoms with Crippen molar-refractivity contribution in [2.24, 2.45) is 0 Å². The summed E-state index contributed by atoms with van der Waals surface area (Å²) in [5, 5.41) is 5.63. The van der Waals surface area contributed by atoms with E-state index in [2.05, 4.69) is 10.3 Å². The smallest absolute Gasteiger partial charge is 0.257 e. The molecule has 0 saturated carbocycles. The summed E-state index contributed by atoms with van der Waals surface area (Å²) in [6.45, 7) is 1.67. The van der Waals surface area contributed by atoms with E-state index in [0.29, 0.717) is 21.4 Å². The van der Waals surface area contributed by atoms with Crippen LogP contribution in [0.1, 0.15) is 28.9 Å². The van der Waals surface area contributed by atoms with Crippen molar-refractivity contribution in [2.45, 2.75) is 19.3 Å². The number of rotatable bonds is 4. The van der Waals surface area contributed by atoms with Crippen molar-refractivity contribution in [1.82, 2.24) is 9.88 Å². The molecule has 1 saturated heterocycles. The van der Waals surface area contributed by atoms with Crippen LogP contribution in [0.25, 0.3) is 0 Å². The first-order chi connectivity index (χ1) is 11.1. The third-order valence-electron chi connectivity index (χ3n) is 3.67. The van der Waals surface area contributed by atoms with E-state index in [0.717, 1.165) is 25.9 Å². The van der Waals surface area contributed by atoms with Crippen LogP contribution >= 0.6 is 22.9 Å². The Morgan fingerprint density at radius 3 is 2.61 bits per heavy atom. The Labute approximate surface area is 143 Å². The quantitative estimate of drug-likeness (QED) is 0.921. The second-order valence-electron chi connectivity index (χ2n) is 5.37. The molecule has 1 aliphatic heterocycles. The number of likely N-dealkylation sites (tertiary alicyclic amines) is 1. The van der Waals surface area contributed by atoms with Gasteiger partial charge in [-0.2, -0.15) is 0 Å². The molecule has 1 aromatic carbocycles. The number of nitrogens with one attached hydrogen (secondary N) is 1. The molecule has 2 aromatic rings. The van der Waals surface area contributed by atoms with Gasteiger partial charge in [0.15, 0.2) is 5.13 Å². The Morgan fingerprint density at radius 2 is 1.91 bits per heavy atom. The van der Waals surface area contributed by atoms with Crippen molar-refractivity contribution in [3.8, 4) is 0 Å². The average Bonchev–Trinajstić information content (AvgIpc) is 3.19. The summed E-state index contributed by atoms with van der Waals surface area (Å²) in [4.78, 5) is 30.4. The lowest BCUT2D eigenvalue weighted by Crippen LogP contribution is -2.29. The Hall–Kier alpha value is -1.92. The number of thiazole rings is 1. The monoisotopic (exact) mass is 349 g/mol. The maximum Gasteiger partial charge on any atom is 0.257 e. The van der Waals surface area contributed by atoms with E-state index in [1.165, 1.54) is 11.3 Å². The SMILES string of the molecule is O=C(Nc1nc(CC(=O)N2CCCC2)cs1)c1ccc(Cl)cc1. The molecule has 0 unspecified atom stereocenters. The second-order valence-corrected chi connectivity index (χ2v) is 6.66. The average molecular weight is 350 g/mol. The topological polar surface area (TPSA) is 62.3 Å². The number of hydrogen-bond acceptors (Lipinski definition) is 4. The number of amides is 2. The fourth-order valence-electron chi connectivity index (χ4n) is 2.45. The first kappa shape index (κ1) is 16.0. The lowest BCUT2D eigenvalue weighted by atomic mass is 10.2. The van der Waals surface area contributed by atoms with Crippen LogP contribution in [-0.4, -0.2) is 34.8 Å². The number of aromatic nitrogens is 1. The molecule has 3 rings (SSSR count). The highest BCUT2D eigenvalue weighted by atomic mass is 35.5. The van der Waals surface area contributed by atoms with Crippen molar-refractivity contribution in [1.29, 1.82) is 0 Å². The molecule has 0 spiro atoms. The minimum absolute atomic E-state index is 0.100. The van der Waals surface area contributed by atoms with Gasteiger partial charge in [0.1, 0.15) is 0 Å². The van der Waals surface area contributed by atoms with E-state index in [1.807, 2.05) is 10.3 Å². The third kappa shape index (κ3) is 4.09. The van der Waals surface area contributed by atoms with Gasteiger partial charge >= 0.3 is 0 Å². The Kier molecular flexibility index (Phi) is 4.93. The van der Waals surface area contributed by atoms with Crippen molar-refractivity contribution in [3.05, 3.63) is 45.9 Å². The van der Waals surface area contributed by atoms with Gasteiger partial charge in [0.2, 0.25) is 5.91 Å². The zero-order chi connectivity index (χ0) is 16.2. The molecule has 0 bridgehead atoms. The summed E-state index contributed by atoms with van der Waals surface area (Å²) in [6.07, 6.45) is 2.43. The van der Waals surface area contributed by atoms with Crippen LogP contribution in [0, 0.1) is 0 Å². The number of anilines is 1. The molecule has 120 valence electrons. The van der Waals surface area contributed by atoms with Gasteiger partial charge in [-0.3, -0.25) is 14.9 Å². The van der Waals surface area contributed by atoms with E-state index in [-0.39, 0.29) is 18.2 Å². The summed E-state index contributed by atoms with van der Waals surface area (Å²) < 4.78 is 0. The van der Waals surface area contributed by atoms with Crippen LogP contribution < -0.4 is 5.32 Å². The Morgan fingerprint density at radius 1 is 1.22 bits per heavy atom. The highest BCUT2D eigenvalue weighted by Gasteiger charge is 2.19. The highest BCUT2D eigenvalue weighted by molar-refractivity contribution is 7.14. The molecule has 1 aromatic heterocycles. The number of halogens is 1. The first-order valence-corrected chi connectivity index (χ1v) is 8.67. The van der Waals surface area contributed by atoms with Crippen LogP contribution in [0.2, 0.25) is 5.02 Å². The predicted octanol–water partition coefficient (Wildman–Crippen LogP) is 3.21. The van der Waals surface area contributed by atoms with Gasteiger partial charge in [-0.15, -0.1) is 11.3 Å². The number of carbonyl (C=O) groups excluding carboxylic acids is 2. The predicted molar refractivity (Wildman–Crippen MR) is 91.0 cm³/mol. The van der Waals surface area contributed by atoms with E-state index in [4.69, 9.17) is 11.6 Å². The first-order valence-electron chi connectivity index (χ1n) is 7.41. The molecule has 0 atom stereocenters. The molecule has 1 N–H and O–H groups in total. The summed E-state index contributed by atoms with van der Waals surface area (Å²) in [7, 11) is 0. The largest absolute Gasteiger partial charge is 0.342 e. The fraction of sp³-hybridized carbons (Fsp3) is 0.312. The van der Waals surface area contributed by atoms with Crippen LogP contribution in [-0.2, 0) is 11.2 Å². The van der Waals surface area contributed by atoms with Crippen molar-refractivity contribution in [3.63, 3.8) is 0 Å². The van der Waals surface area contributed by atoms with Gasteiger partial charge in [-0.1, -0.05) is 11.6 Å². The minimum Gasteiger partial charge on any atom is -0.342 e. The molecule has 2 heterocycles. The van der Waals surface area contributed by atoms with Gasteiger partial charge in [0.25, 0.3) is 5.91 Å². The van der Waals surface area contributed by atoms with E-state index < -0.39 is 0 Å². The summed E-state index contributed by atoms with van der Waals surface area (Å²) in [5.41, 5.74) is 1.21. The summed E-state index contributed by atoms with van der Waals surface area (Å²) >= 11 is 7.12. The number of carbonyl (C=O) groups is 2. The van der Waals surface area contributed by atoms with Gasteiger partial charge in [-0.25, -0.2) is 4.98 Å². The molecule has 7 heteroatoms. The zero-order valence-electron chi connectivity index (χ0n) is 12.4. The standard InChI is InChI=1S/C16H16ClN3O2S/c17-12-5-3-11(4-6-12)15(22)19-16-18-13(10-23-16)9-14(21)20-7-1-2-8-20/h3-6,10H,1-2,7-9H2,(H,18,19,22). The lowest BCUT2D eigenvalue weighted by molar-refractivity contribution is -0.129. The van der Waals surface area contributed by atoms with Crippen molar-refractivity contribution >= 4 is 39.9 Å². The summed E-state index contributed by atoms with van der Waals surface area (Å²) in [6, 6.07) is 6.64. The van der Waals surface area contributed by atoms with Crippen LogP contribution in [0.3, 0.4) is 0 Å². The molecule has 0 aliphatic carbocycles. The van der Waals surface area contributed by atoms with Gasteiger partial charge in [-0.05, 0) is 37.1 Å². The molecule has 1 aliphatic rings. The number of hydrogen-bond donors (Lipinski definition) is 1. The van der Waals surface area contributed by atoms with Gasteiger partial charge in [0, 0.05) is 29.1 Å². The van der Waals surface area contributed by atoms with E-state index in [9.17, 15) is 9.59 Å². The van der Waals surface area contributed by atoms with Crippen molar-refractivity contribution in [2.75, 3.05) is 18.4 Å². The molecule has 23 heavy (non-hydrogen) atoms. The van der Waals surface area contributed by atoms with Crippen LogP contribution in [0.4, 0.5) is 5.13 Å². The second kappa shape index (κ2) is 7.10. The maximum absolute atomic E-state index is 12.1. The maximum atomic E-state index is 12.1. The van der Waals surface area contributed by atoms with Crippen LogP contribution in [0.5, 0.6) is 0 Å². The molecule has 0 radical (unpaired) electrons. The van der Waals surface area contributed by atoms with Crippen molar-refractivity contribution < 1.29 is 9.59 Å². The van der Waals surface area contributed by atoms with Gasteiger partial charge < -0.3 is 4.90 Å². The fourth-order valence-corrected chi connectivity index (χ4v) is 3.28.